The number of hydrogen-bond acceptors (Lipinski definition) is 3. The van der Waals surface area contributed by atoms with Crippen molar-refractivity contribution >= 4 is 5.91 Å². The molecule has 7 heteroatoms. The van der Waals surface area contributed by atoms with Gasteiger partial charge in [-0.3, -0.25) is 4.79 Å². The van der Waals surface area contributed by atoms with Crippen LogP contribution < -0.4 is 5.32 Å². The van der Waals surface area contributed by atoms with E-state index in [4.69, 9.17) is 4.42 Å². The molecule has 1 aromatic carbocycles. The Bertz CT molecular complexity index is 663. The van der Waals surface area contributed by atoms with E-state index in [1.807, 2.05) is 0 Å². The van der Waals surface area contributed by atoms with Crippen molar-refractivity contribution in [2.24, 2.45) is 0 Å². The molecule has 1 amide bonds. The third kappa shape index (κ3) is 4.85. The van der Waals surface area contributed by atoms with Crippen molar-refractivity contribution in [1.82, 2.24) is 5.32 Å². The number of aliphatic hydroxyl groups is 1. The molecule has 0 fully saturated rings. The van der Waals surface area contributed by atoms with Crippen LogP contribution in [0.1, 0.15) is 28.6 Å². The smallest absolute Gasteiger partial charge is 0.416 e. The maximum Gasteiger partial charge on any atom is 0.416 e. The van der Waals surface area contributed by atoms with Crippen LogP contribution in [0.15, 0.2) is 47.1 Å². The van der Waals surface area contributed by atoms with Gasteiger partial charge in [-0.05, 0) is 37.3 Å². The average Bonchev–Trinajstić information content (AvgIpc) is 2.96. The number of hydrogen-bond donors (Lipinski definition) is 2. The second-order valence-electron chi connectivity index (χ2n) is 5.51. The summed E-state index contributed by atoms with van der Waals surface area (Å²) < 4.78 is 43.0. The van der Waals surface area contributed by atoms with Crippen LogP contribution in [0.4, 0.5) is 13.2 Å². The second-order valence-corrected chi connectivity index (χ2v) is 5.51. The molecule has 1 atom stereocenters. The maximum absolute atomic E-state index is 12.6. The summed E-state index contributed by atoms with van der Waals surface area (Å²) >= 11 is 0. The number of furan rings is 1. The zero-order valence-electron chi connectivity index (χ0n) is 12.4. The highest BCUT2D eigenvalue weighted by Gasteiger charge is 2.31. The zero-order valence-corrected chi connectivity index (χ0v) is 12.4. The van der Waals surface area contributed by atoms with Crippen molar-refractivity contribution in [2.75, 3.05) is 6.54 Å². The van der Waals surface area contributed by atoms with Crippen molar-refractivity contribution < 1.29 is 27.5 Å². The second kappa shape index (κ2) is 6.45. The van der Waals surface area contributed by atoms with Crippen LogP contribution in [0.25, 0.3) is 0 Å². The van der Waals surface area contributed by atoms with E-state index in [0.29, 0.717) is 5.76 Å². The van der Waals surface area contributed by atoms with E-state index in [1.54, 1.807) is 12.1 Å². The zero-order chi connectivity index (χ0) is 17.1. The minimum Gasteiger partial charge on any atom is -0.469 e. The molecule has 0 bridgehead atoms. The quantitative estimate of drug-likeness (QED) is 0.887. The summed E-state index contributed by atoms with van der Waals surface area (Å²) in [4.78, 5) is 12.0. The molecule has 0 saturated heterocycles. The first-order valence-electron chi connectivity index (χ1n) is 6.88. The Morgan fingerprint density at radius 3 is 2.61 bits per heavy atom. The van der Waals surface area contributed by atoms with E-state index in [1.165, 1.54) is 25.3 Å². The first-order valence-corrected chi connectivity index (χ1v) is 6.88. The van der Waals surface area contributed by atoms with Crippen molar-refractivity contribution in [3.05, 3.63) is 59.5 Å². The summed E-state index contributed by atoms with van der Waals surface area (Å²) in [6.07, 6.45) is -2.88. The monoisotopic (exact) mass is 327 g/mol. The molecular weight excluding hydrogens is 311 g/mol. The minimum absolute atomic E-state index is 0.117. The lowest BCUT2D eigenvalue weighted by atomic mass is 10.0. The summed E-state index contributed by atoms with van der Waals surface area (Å²) in [6.45, 7) is 1.38. The van der Waals surface area contributed by atoms with Gasteiger partial charge in [0, 0.05) is 18.5 Å². The molecule has 0 saturated carbocycles. The van der Waals surface area contributed by atoms with E-state index in [0.717, 1.165) is 12.1 Å². The van der Waals surface area contributed by atoms with Crippen molar-refractivity contribution in [1.29, 1.82) is 0 Å². The molecule has 124 valence electrons. The molecular formula is C16H16F3NO3. The lowest BCUT2D eigenvalue weighted by Gasteiger charge is -2.22. The Morgan fingerprint density at radius 1 is 1.26 bits per heavy atom. The third-order valence-corrected chi connectivity index (χ3v) is 3.22. The van der Waals surface area contributed by atoms with Gasteiger partial charge in [-0.15, -0.1) is 0 Å². The SMILES string of the molecule is C[C@@](O)(CNC(=O)c1cccc(C(F)(F)F)c1)Cc1ccco1. The van der Waals surface area contributed by atoms with Gasteiger partial charge in [-0.1, -0.05) is 6.07 Å². The Morgan fingerprint density at radius 2 is 2.00 bits per heavy atom. The van der Waals surface area contributed by atoms with Gasteiger partial charge in [0.2, 0.25) is 0 Å². The molecule has 0 aliphatic rings. The fourth-order valence-electron chi connectivity index (χ4n) is 2.06. The summed E-state index contributed by atoms with van der Waals surface area (Å²) in [5, 5.41) is 12.6. The van der Waals surface area contributed by atoms with Crippen LogP contribution in [0, 0.1) is 0 Å². The number of carbonyl (C=O) groups is 1. The van der Waals surface area contributed by atoms with E-state index in [9.17, 15) is 23.1 Å². The maximum atomic E-state index is 12.6. The van der Waals surface area contributed by atoms with Gasteiger partial charge in [0.15, 0.2) is 0 Å². The molecule has 1 heterocycles. The van der Waals surface area contributed by atoms with Gasteiger partial charge in [-0.25, -0.2) is 0 Å². The van der Waals surface area contributed by atoms with Crippen LogP contribution in [0.5, 0.6) is 0 Å². The van der Waals surface area contributed by atoms with Gasteiger partial charge in [0.05, 0.1) is 17.4 Å². The summed E-state index contributed by atoms with van der Waals surface area (Å²) in [6, 6.07) is 7.47. The minimum atomic E-state index is -4.51. The van der Waals surface area contributed by atoms with Crippen LogP contribution >= 0.6 is 0 Å². The summed E-state index contributed by atoms with van der Waals surface area (Å²) in [7, 11) is 0. The molecule has 2 rings (SSSR count). The molecule has 2 N–H and O–H groups in total. The number of nitrogens with one attached hydrogen (secondary N) is 1. The third-order valence-electron chi connectivity index (χ3n) is 3.22. The predicted molar refractivity (Wildman–Crippen MR) is 76.8 cm³/mol. The van der Waals surface area contributed by atoms with E-state index >= 15 is 0 Å². The first kappa shape index (κ1) is 17.1. The number of alkyl halides is 3. The largest absolute Gasteiger partial charge is 0.469 e. The standard InChI is InChI=1S/C16H16F3NO3/c1-15(22,9-13-6-3-7-23-13)10-20-14(21)11-4-2-5-12(8-11)16(17,18)19/h2-8,22H,9-10H2,1H3,(H,20,21)/t15-/m0/s1. The highest BCUT2D eigenvalue weighted by atomic mass is 19.4. The van der Waals surface area contributed by atoms with Gasteiger partial charge in [0.25, 0.3) is 5.91 Å². The van der Waals surface area contributed by atoms with E-state index in [2.05, 4.69) is 5.32 Å². The molecule has 0 aliphatic carbocycles. The van der Waals surface area contributed by atoms with Gasteiger partial charge < -0.3 is 14.8 Å². The van der Waals surface area contributed by atoms with Crippen LogP contribution in [0.3, 0.4) is 0 Å². The van der Waals surface area contributed by atoms with Crippen LogP contribution in [-0.2, 0) is 12.6 Å². The molecule has 0 unspecified atom stereocenters. The molecule has 0 radical (unpaired) electrons. The fraction of sp³-hybridized carbons (Fsp3) is 0.312. The van der Waals surface area contributed by atoms with E-state index < -0.39 is 23.2 Å². The van der Waals surface area contributed by atoms with Gasteiger partial charge in [0.1, 0.15) is 5.76 Å². The number of rotatable bonds is 5. The Kier molecular flexibility index (Phi) is 4.79. The molecule has 0 spiro atoms. The molecule has 0 aliphatic heterocycles. The number of amides is 1. The first-order chi connectivity index (χ1) is 10.7. The average molecular weight is 327 g/mol. The van der Waals surface area contributed by atoms with Crippen molar-refractivity contribution in [2.45, 2.75) is 25.1 Å². The fourth-order valence-corrected chi connectivity index (χ4v) is 2.06. The van der Waals surface area contributed by atoms with Crippen molar-refractivity contribution in [3.8, 4) is 0 Å². The van der Waals surface area contributed by atoms with Gasteiger partial charge in [-0.2, -0.15) is 13.2 Å². The molecule has 1 aromatic heterocycles. The Balaban J connectivity index is 1.99. The Labute approximate surface area is 130 Å². The highest BCUT2D eigenvalue weighted by molar-refractivity contribution is 5.94. The number of carbonyl (C=O) groups excluding carboxylic acids is 1. The van der Waals surface area contributed by atoms with Gasteiger partial charge >= 0.3 is 6.18 Å². The summed E-state index contributed by atoms with van der Waals surface area (Å²) in [5.41, 5.74) is -2.30. The number of halogens is 3. The topological polar surface area (TPSA) is 62.5 Å². The lowest BCUT2D eigenvalue weighted by molar-refractivity contribution is -0.137. The van der Waals surface area contributed by atoms with Crippen LogP contribution in [0.2, 0.25) is 0 Å². The molecule has 23 heavy (non-hydrogen) atoms. The van der Waals surface area contributed by atoms with E-state index in [-0.39, 0.29) is 18.5 Å². The highest BCUT2D eigenvalue weighted by Crippen LogP contribution is 2.29. The van der Waals surface area contributed by atoms with Crippen LogP contribution in [-0.4, -0.2) is 23.2 Å². The summed E-state index contributed by atoms with van der Waals surface area (Å²) in [5.74, 6) is -0.140. The molecule has 2 aromatic rings. The lowest BCUT2D eigenvalue weighted by Crippen LogP contribution is -2.42. The molecule has 4 nitrogen and oxygen atoms in total. The van der Waals surface area contributed by atoms with Crippen molar-refractivity contribution in [3.63, 3.8) is 0 Å². The Hall–Kier alpha value is -2.28. The predicted octanol–water partition coefficient (Wildman–Crippen LogP) is 3.02. The normalized spacial score (nSPS) is 14.3. The number of benzene rings is 1.